The lowest BCUT2D eigenvalue weighted by Crippen LogP contribution is -2.73. The van der Waals surface area contributed by atoms with Gasteiger partial charge in [0.25, 0.3) is 0 Å². The first-order chi connectivity index (χ1) is 23.8. The Morgan fingerprint density at radius 3 is 2.47 bits per heavy atom. The average Bonchev–Trinajstić information content (AvgIpc) is 3.11. The van der Waals surface area contributed by atoms with Crippen LogP contribution in [0.5, 0.6) is 5.75 Å². The molecule has 3 amide bonds. The number of hydrogen-bond acceptors (Lipinski definition) is 7. The molecule has 3 heterocycles. The molecule has 49 heavy (non-hydrogen) atoms. The highest BCUT2D eigenvalue weighted by Gasteiger charge is 2.51. The number of terminal acetylenes is 1. The lowest BCUT2D eigenvalue weighted by Gasteiger charge is -2.54. The Morgan fingerprint density at radius 1 is 1.00 bits per heavy atom. The van der Waals surface area contributed by atoms with Crippen LogP contribution in [0.15, 0.2) is 72.8 Å². The highest BCUT2D eigenvalue weighted by molar-refractivity contribution is 6.33. The number of urea groups is 1. The maximum absolute atomic E-state index is 14.3. The summed E-state index contributed by atoms with van der Waals surface area (Å²) >= 11 is 6.58. The number of amides is 3. The summed E-state index contributed by atoms with van der Waals surface area (Å²) in [5.41, 5.74) is 3.87. The van der Waals surface area contributed by atoms with Gasteiger partial charge in [0.05, 0.1) is 43.1 Å². The normalized spacial score (nSPS) is 21.3. The summed E-state index contributed by atoms with van der Waals surface area (Å²) in [4.78, 5) is 45.9. The number of hydrazine groups is 1. The number of rotatable bonds is 10. The number of fused-ring (bicyclic) bond motifs is 1. The molecule has 3 fully saturated rings. The number of anilines is 1. The fourth-order valence-corrected chi connectivity index (χ4v) is 7.38. The third-order valence-electron chi connectivity index (χ3n) is 9.59. The van der Waals surface area contributed by atoms with Crippen LogP contribution in [-0.2, 0) is 33.7 Å². The van der Waals surface area contributed by atoms with Crippen molar-refractivity contribution >= 4 is 35.0 Å². The molecule has 3 aliphatic rings. The molecule has 11 heteroatoms. The number of phenols is 1. The molecule has 0 radical (unpaired) electrons. The summed E-state index contributed by atoms with van der Waals surface area (Å²) in [5.74, 6) is 2.06. The van der Waals surface area contributed by atoms with Crippen LogP contribution >= 0.6 is 11.6 Å². The summed E-state index contributed by atoms with van der Waals surface area (Å²) in [5, 5.41) is 16.7. The lowest BCUT2D eigenvalue weighted by atomic mass is 9.81. The second kappa shape index (κ2) is 15.8. The third kappa shape index (κ3) is 8.02. The second-order valence-corrected chi connectivity index (χ2v) is 13.2. The molecular formula is C38H42ClN5O5. The Morgan fingerprint density at radius 2 is 1.73 bits per heavy atom. The summed E-state index contributed by atoms with van der Waals surface area (Å²) in [6.07, 6.45) is 7.67. The molecule has 1 unspecified atom stereocenters. The van der Waals surface area contributed by atoms with Crippen LogP contribution in [0.3, 0.4) is 0 Å². The number of carbonyl (C=O) groups excluding carboxylic acids is 3. The molecule has 3 atom stereocenters. The quantitative estimate of drug-likeness (QED) is 0.300. The fraction of sp³-hybridized carbons (Fsp3) is 0.395. The highest BCUT2D eigenvalue weighted by atomic mass is 35.5. The van der Waals surface area contributed by atoms with Gasteiger partial charge in [0.15, 0.2) is 5.78 Å². The maximum atomic E-state index is 14.3. The maximum Gasteiger partial charge on any atom is 0.334 e. The van der Waals surface area contributed by atoms with Gasteiger partial charge in [0.1, 0.15) is 11.9 Å². The van der Waals surface area contributed by atoms with Gasteiger partial charge in [-0.05, 0) is 66.6 Å². The molecule has 0 aliphatic carbocycles. The number of aromatic hydroxyl groups is 1. The molecular weight excluding hydrogens is 642 g/mol. The summed E-state index contributed by atoms with van der Waals surface area (Å²) < 4.78 is 5.51. The molecule has 0 spiro atoms. The number of benzene rings is 3. The summed E-state index contributed by atoms with van der Waals surface area (Å²) in [6.45, 7) is 3.14. The van der Waals surface area contributed by atoms with Gasteiger partial charge in [-0.15, -0.1) is 6.42 Å². The first kappa shape index (κ1) is 34.3. The van der Waals surface area contributed by atoms with Crippen LogP contribution in [0.4, 0.5) is 10.5 Å². The molecule has 10 nitrogen and oxygen atoms in total. The number of Topliss-reactive ketones (excluding diaryl/α,β-unsaturated/α-hetero) is 1. The molecule has 2 N–H and O–H groups in total. The van der Waals surface area contributed by atoms with E-state index in [-0.39, 0.29) is 43.0 Å². The molecule has 0 aromatic heterocycles. The molecule has 256 valence electrons. The van der Waals surface area contributed by atoms with E-state index in [9.17, 15) is 19.5 Å². The van der Waals surface area contributed by atoms with Crippen molar-refractivity contribution < 1.29 is 24.2 Å². The Hall–Kier alpha value is -4.56. The van der Waals surface area contributed by atoms with Crippen molar-refractivity contribution in [3.63, 3.8) is 0 Å². The predicted molar refractivity (Wildman–Crippen MR) is 188 cm³/mol. The Bertz CT molecular complexity index is 1670. The molecule has 3 saturated heterocycles. The first-order valence-corrected chi connectivity index (χ1v) is 17.2. The lowest BCUT2D eigenvalue weighted by molar-refractivity contribution is -0.183. The van der Waals surface area contributed by atoms with Gasteiger partial charge < -0.3 is 25.0 Å². The van der Waals surface area contributed by atoms with Gasteiger partial charge in [-0.1, -0.05) is 66.1 Å². The number of piperidine rings is 1. The third-order valence-corrected chi connectivity index (χ3v) is 9.91. The number of phenolic OH excluding ortho intramolecular Hbond substituents is 1. The number of aryl methyl sites for hydroxylation is 1. The van der Waals surface area contributed by atoms with Crippen molar-refractivity contribution in [2.45, 2.75) is 50.9 Å². The van der Waals surface area contributed by atoms with Crippen molar-refractivity contribution in [2.75, 3.05) is 44.3 Å². The van der Waals surface area contributed by atoms with E-state index in [1.807, 2.05) is 42.5 Å². The van der Waals surface area contributed by atoms with E-state index in [1.165, 1.54) is 0 Å². The minimum absolute atomic E-state index is 0.0159. The number of hydrogen-bond donors (Lipinski definition) is 2. The van der Waals surface area contributed by atoms with Crippen LogP contribution in [-0.4, -0.2) is 89.3 Å². The van der Waals surface area contributed by atoms with E-state index >= 15 is 0 Å². The van der Waals surface area contributed by atoms with Crippen LogP contribution in [0.1, 0.15) is 36.0 Å². The van der Waals surface area contributed by atoms with E-state index < -0.39 is 18.1 Å². The van der Waals surface area contributed by atoms with Crippen LogP contribution in [0.25, 0.3) is 0 Å². The topological polar surface area (TPSA) is 106 Å². The van der Waals surface area contributed by atoms with Gasteiger partial charge in [0.2, 0.25) is 5.91 Å². The summed E-state index contributed by atoms with van der Waals surface area (Å²) in [6, 6.07) is 21.2. The van der Waals surface area contributed by atoms with Gasteiger partial charge >= 0.3 is 6.03 Å². The summed E-state index contributed by atoms with van der Waals surface area (Å²) in [7, 11) is 0. The van der Waals surface area contributed by atoms with E-state index in [0.717, 1.165) is 48.3 Å². The standard InChI is InChI=1S/C38H42ClN5O5/c1-2-17-42-26-36(46)43-34(23-28-11-14-31(45)15-12-28)37(47)30(24-35(43)44(42)38(48)40-25-29-7-4-3-5-8-29)10-6-9-27-13-16-32(39)33(22-27)41-18-20-49-21-19-41/h1,3-5,7-8,11-16,22,30,34-35,45H,6,9-10,17-21,23-26H2,(H,40,48)/t30?,34-,35-/m0/s1. The van der Waals surface area contributed by atoms with Gasteiger partial charge in [-0.3, -0.25) is 9.59 Å². The molecule has 3 aromatic carbocycles. The SMILES string of the molecule is C#CCN1CC(=O)N2[C@@H](Cc3ccc(O)cc3)C(=O)C(CCCc3ccc(Cl)c(N4CCOCC4)c3)C[C@@H]2N1C(=O)NCc1ccccc1. The van der Waals surface area contributed by atoms with Crippen molar-refractivity contribution in [1.29, 1.82) is 0 Å². The monoisotopic (exact) mass is 683 g/mol. The van der Waals surface area contributed by atoms with Crippen LogP contribution in [0, 0.1) is 18.3 Å². The number of ketones is 1. The number of morpholine rings is 1. The second-order valence-electron chi connectivity index (χ2n) is 12.8. The van der Waals surface area contributed by atoms with Crippen molar-refractivity contribution in [3.05, 3.63) is 94.5 Å². The zero-order chi connectivity index (χ0) is 34.3. The molecule has 0 saturated carbocycles. The predicted octanol–water partition coefficient (Wildman–Crippen LogP) is 4.64. The van der Waals surface area contributed by atoms with E-state index in [0.29, 0.717) is 37.6 Å². The van der Waals surface area contributed by atoms with Crippen molar-refractivity contribution in [3.8, 4) is 18.1 Å². The van der Waals surface area contributed by atoms with Crippen molar-refractivity contribution in [1.82, 2.24) is 20.2 Å². The Labute approximate surface area is 292 Å². The van der Waals surface area contributed by atoms with Gasteiger partial charge in [-0.25, -0.2) is 9.80 Å². The number of nitrogens with one attached hydrogen (secondary N) is 1. The number of nitrogens with zero attached hydrogens (tertiary/aromatic N) is 4. The minimum atomic E-state index is -0.776. The van der Waals surface area contributed by atoms with Gasteiger partial charge in [0, 0.05) is 32.0 Å². The van der Waals surface area contributed by atoms with E-state index in [2.05, 4.69) is 22.2 Å². The minimum Gasteiger partial charge on any atom is -0.508 e. The Balaban J connectivity index is 1.24. The Kier molecular flexibility index (Phi) is 11.0. The van der Waals surface area contributed by atoms with E-state index in [4.69, 9.17) is 22.8 Å². The average molecular weight is 684 g/mol. The zero-order valence-electron chi connectivity index (χ0n) is 27.5. The smallest absolute Gasteiger partial charge is 0.334 e. The molecule has 3 aliphatic heterocycles. The van der Waals surface area contributed by atoms with Crippen LogP contribution in [0.2, 0.25) is 5.02 Å². The number of carbonyl (C=O) groups is 3. The largest absolute Gasteiger partial charge is 0.508 e. The zero-order valence-corrected chi connectivity index (χ0v) is 28.2. The highest BCUT2D eigenvalue weighted by Crippen LogP contribution is 2.36. The molecule has 0 bridgehead atoms. The molecule has 6 rings (SSSR count). The fourth-order valence-electron chi connectivity index (χ4n) is 7.14. The molecule has 3 aromatic rings. The van der Waals surface area contributed by atoms with E-state index in [1.54, 1.807) is 39.2 Å². The van der Waals surface area contributed by atoms with Crippen molar-refractivity contribution in [2.24, 2.45) is 5.92 Å². The van der Waals surface area contributed by atoms with Gasteiger partial charge in [-0.2, -0.15) is 5.01 Å². The number of ether oxygens (including phenoxy) is 1. The van der Waals surface area contributed by atoms with Crippen LogP contribution < -0.4 is 10.2 Å². The first-order valence-electron chi connectivity index (χ1n) is 16.9. The number of halogens is 1.